The van der Waals surface area contributed by atoms with Crippen molar-refractivity contribution < 1.29 is 24.3 Å². The second-order valence-electron chi connectivity index (χ2n) is 16.1. The van der Waals surface area contributed by atoms with Crippen LogP contribution >= 0.6 is 0 Å². The Balaban J connectivity index is 1.11. The highest BCUT2D eigenvalue weighted by molar-refractivity contribution is 6.08. The van der Waals surface area contributed by atoms with Crippen LogP contribution in [-0.2, 0) is 36.1 Å². The van der Waals surface area contributed by atoms with Crippen molar-refractivity contribution in [2.75, 3.05) is 52.4 Å². The lowest BCUT2D eigenvalue weighted by Gasteiger charge is -2.55. The summed E-state index contributed by atoms with van der Waals surface area (Å²) in [6.45, 7) is 11.4. The normalized spacial score (nSPS) is 22.8. The van der Waals surface area contributed by atoms with Crippen LogP contribution in [0.25, 0.3) is 10.9 Å². The number of piperazine rings is 1. The van der Waals surface area contributed by atoms with Gasteiger partial charge in [0.2, 0.25) is 11.8 Å². The van der Waals surface area contributed by atoms with Crippen molar-refractivity contribution in [1.29, 1.82) is 0 Å². The summed E-state index contributed by atoms with van der Waals surface area (Å²) in [6.07, 6.45) is 5.08. The molecule has 1 aromatic heterocycles. The number of hydrogen-bond donors (Lipinski definition) is 2. The molecule has 0 bridgehead atoms. The highest BCUT2D eigenvalue weighted by Crippen LogP contribution is 2.40. The minimum atomic E-state index is -0.914. The molecule has 4 saturated heterocycles. The number of likely N-dealkylation sites (tertiary alicyclic amines) is 2. The number of para-hydroxylation sites is 1. The number of urea groups is 1. The van der Waals surface area contributed by atoms with Crippen molar-refractivity contribution in [3.63, 3.8) is 0 Å². The lowest BCUT2D eigenvalue weighted by atomic mass is 9.86. The third kappa shape index (κ3) is 7.37. The molecule has 4 aromatic rings. The molecule has 0 aliphatic carbocycles. The molecule has 1 unspecified atom stereocenters. The van der Waals surface area contributed by atoms with E-state index in [9.17, 15) is 24.3 Å². The number of rotatable bonds is 10. The van der Waals surface area contributed by atoms with E-state index in [2.05, 4.69) is 23.7 Å². The first-order valence-corrected chi connectivity index (χ1v) is 20.0. The summed E-state index contributed by atoms with van der Waals surface area (Å²) in [4.78, 5) is 65.0. The SMILES string of the molecule is C=CCN1CC(=O)N2[C@@H](Cc3ccc(O)cc3)C(=O)N(Cc3cccc4c(C(=O)N5CCC6(CCN(CC)C6)C5)cn(C)c34)C[C@@H]2N1C(=O)NCc1ccccc1. The average Bonchev–Trinajstić information content (AvgIpc) is 3.93. The molecule has 3 aromatic carbocycles. The predicted octanol–water partition coefficient (Wildman–Crippen LogP) is 4.18. The number of aromatic hydroxyl groups is 1. The molecule has 2 N–H and O–H groups in total. The maximum Gasteiger partial charge on any atom is 0.334 e. The van der Waals surface area contributed by atoms with E-state index in [1.807, 2.05) is 71.2 Å². The van der Waals surface area contributed by atoms with Crippen LogP contribution in [0, 0.1) is 5.41 Å². The summed E-state index contributed by atoms with van der Waals surface area (Å²) < 4.78 is 1.98. The van der Waals surface area contributed by atoms with Gasteiger partial charge in [-0.1, -0.05) is 73.7 Å². The van der Waals surface area contributed by atoms with Crippen LogP contribution in [0.4, 0.5) is 4.79 Å². The predicted molar refractivity (Wildman–Crippen MR) is 217 cm³/mol. The van der Waals surface area contributed by atoms with Crippen LogP contribution in [-0.4, -0.2) is 128 Å². The van der Waals surface area contributed by atoms with Gasteiger partial charge in [0.15, 0.2) is 0 Å². The number of hydrogen-bond acceptors (Lipinski definition) is 7. The van der Waals surface area contributed by atoms with Crippen LogP contribution in [0.5, 0.6) is 5.75 Å². The van der Waals surface area contributed by atoms with E-state index in [1.165, 1.54) is 0 Å². The summed E-state index contributed by atoms with van der Waals surface area (Å²) >= 11 is 0. The Morgan fingerprint density at radius 3 is 2.47 bits per heavy atom. The number of aromatic nitrogens is 1. The highest BCUT2D eigenvalue weighted by Gasteiger charge is 2.51. The Morgan fingerprint density at radius 1 is 0.965 bits per heavy atom. The number of nitrogens with one attached hydrogen (secondary N) is 1. The molecule has 8 rings (SSSR count). The monoisotopic (exact) mass is 772 g/mol. The molecular formula is C44H52N8O5. The fourth-order valence-corrected chi connectivity index (χ4v) is 9.52. The van der Waals surface area contributed by atoms with Crippen molar-refractivity contribution in [2.45, 2.75) is 51.5 Å². The lowest BCUT2D eigenvalue weighted by molar-refractivity contribution is -0.189. The first-order valence-electron chi connectivity index (χ1n) is 20.0. The van der Waals surface area contributed by atoms with Gasteiger partial charge in [0, 0.05) is 69.7 Å². The zero-order chi connectivity index (χ0) is 39.8. The van der Waals surface area contributed by atoms with E-state index in [4.69, 9.17) is 0 Å². The van der Waals surface area contributed by atoms with Gasteiger partial charge in [0.05, 0.1) is 24.2 Å². The smallest absolute Gasteiger partial charge is 0.334 e. The van der Waals surface area contributed by atoms with Crippen molar-refractivity contribution >= 4 is 34.7 Å². The molecule has 5 amide bonds. The van der Waals surface area contributed by atoms with Gasteiger partial charge in [-0.25, -0.2) is 14.8 Å². The fourth-order valence-electron chi connectivity index (χ4n) is 9.52. The fraction of sp³-hybridized carbons (Fsp3) is 0.409. The molecule has 298 valence electrons. The maximum atomic E-state index is 14.7. The molecule has 13 heteroatoms. The molecule has 5 heterocycles. The first kappa shape index (κ1) is 38.2. The number of carbonyl (C=O) groups excluding carboxylic acids is 4. The maximum absolute atomic E-state index is 14.7. The number of benzene rings is 3. The van der Waals surface area contributed by atoms with Gasteiger partial charge < -0.3 is 34.6 Å². The molecular weight excluding hydrogens is 721 g/mol. The quantitative estimate of drug-likeness (QED) is 0.232. The summed E-state index contributed by atoms with van der Waals surface area (Å²) in [5.74, 6) is -0.370. The van der Waals surface area contributed by atoms with E-state index >= 15 is 0 Å². The molecule has 57 heavy (non-hydrogen) atoms. The summed E-state index contributed by atoms with van der Waals surface area (Å²) in [6, 6.07) is 20.8. The molecule has 4 aliphatic rings. The standard InChI is InChI=1S/C44H52N8O5/c1-4-20-50-28-39(54)51-37(23-31-14-16-34(53)17-15-31)42(56)49(27-38(51)52(50)43(57)45-24-32-10-7-6-8-11-32)25-33-12-9-13-35-36(26-46(3)40(33)35)41(55)48-22-19-44(30-48)18-21-47(5-2)29-44/h4,6-17,26,37-38,53H,1,5,18-25,27-30H2,2-3H3,(H,45,57)/t37-,38-,44?/m0/s1. The van der Waals surface area contributed by atoms with Crippen LogP contribution in [0.15, 0.2) is 91.6 Å². The largest absolute Gasteiger partial charge is 0.508 e. The number of fused-ring (bicyclic) bond motifs is 2. The zero-order valence-corrected chi connectivity index (χ0v) is 32.8. The van der Waals surface area contributed by atoms with Gasteiger partial charge in [-0.3, -0.25) is 14.4 Å². The van der Waals surface area contributed by atoms with Gasteiger partial charge >= 0.3 is 6.03 Å². The second kappa shape index (κ2) is 15.7. The van der Waals surface area contributed by atoms with Crippen molar-refractivity contribution in [2.24, 2.45) is 12.5 Å². The Hall–Kier alpha value is -5.66. The van der Waals surface area contributed by atoms with Crippen LogP contribution in [0.3, 0.4) is 0 Å². The number of hydrazine groups is 1. The van der Waals surface area contributed by atoms with Crippen LogP contribution in [0.1, 0.15) is 46.8 Å². The molecule has 1 spiro atoms. The van der Waals surface area contributed by atoms with E-state index in [0.717, 1.165) is 73.2 Å². The van der Waals surface area contributed by atoms with E-state index < -0.39 is 18.2 Å². The second-order valence-corrected chi connectivity index (χ2v) is 16.1. The average molecular weight is 773 g/mol. The van der Waals surface area contributed by atoms with Crippen molar-refractivity contribution in [1.82, 2.24) is 39.5 Å². The third-order valence-electron chi connectivity index (χ3n) is 12.4. The van der Waals surface area contributed by atoms with Gasteiger partial charge in [-0.15, -0.1) is 6.58 Å². The summed E-state index contributed by atoms with van der Waals surface area (Å²) in [5, 5.41) is 17.1. The lowest BCUT2D eigenvalue weighted by Crippen LogP contribution is -2.76. The first-order chi connectivity index (χ1) is 27.6. The minimum Gasteiger partial charge on any atom is -0.508 e. The molecule has 3 atom stereocenters. The molecule has 13 nitrogen and oxygen atoms in total. The number of amides is 5. The minimum absolute atomic E-state index is 0.0309. The number of carbonyl (C=O) groups is 4. The number of phenols is 1. The molecule has 4 aliphatic heterocycles. The zero-order valence-electron chi connectivity index (χ0n) is 32.8. The topological polar surface area (TPSA) is 125 Å². The van der Waals surface area contributed by atoms with Gasteiger partial charge in [0.25, 0.3) is 5.91 Å². The van der Waals surface area contributed by atoms with Gasteiger partial charge in [0.1, 0.15) is 18.0 Å². The molecule has 0 saturated carbocycles. The van der Waals surface area contributed by atoms with E-state index in [1.54, 1.807) is 50.2 Å². The Kier molecular flexibility index (Phi) is 10.5. The van der Waals surface area contributed by atoms with Crippen LogP contribution in [0.2, 0.25) is 0 Å². The Morgan fingerprint density at radius 2 is 1.74 bits per heavy atom. The molecule has 4 fully saturated rings. The summed E-state index contributed by atoms with van der Waals surface area (Å²) in [5.41, 5.74) is 4.23. The van der Waals surface area contributed by atoms with E-state index in [0.29, 0.717) is 5.56 Å². The van der Waals surface area contributed by atoms with Gasteiger partial charge in [-0.2, -0.15) is 0 Å². The molecule has 0 radical (unpaired) electrons. The van der Waals surface area contributed by atoms with Crippen LogP contribution < -0.4 is 5.32 Å². The third-order valence-corrected chi connectivity index (χ3v) is 12.4. The van der Waals surface area contributed by atoms with Crippen molar-refractivity contribution in [3.8, 4) is 5.75 Å². The van der Waals surface area contributed by atoms with Crippen molar-refractivity contribution in [3.05, 3.63) is 114 Å². The number of phenolic OH excluding ortho intramolecular Hbond substituents is 1. The number of nitrogens with zero attached hydrogens (tertiary/aromatic N) is 7. The highest BCUT2D eigenvalue weighted by atomic mass is 16.3. The number of aryl methyl sites for hydroxylation is 1. The summed E-state index contributed by atoms with van der Waals surface area (Å²) in [7, 11) is 1.93. The Bertz CT molecular complexity index is 2170. The van der Waals surface area contributed by atoms with E-state index in [-0.39, 0.29) is 68.0 Å². The van der Waals surface area contributed by atoms with Gasteiger partial charge in [-0.05, 0) is 54.8 Å². The Labute approximate surface area is 333 Å².